The summed E-state index contributed by atoms with van der Waals surface area (Å²) in [4.78, 5) is 43.5. The number of carbonyl (C=O) groups is 2. The lowest BCUT2D eigenvalue weighted by molar-refractivity contribution is -0.126. The van der Waals surface area contributed by atoms with Gasteiger partial charge in [0, 0.05) is 32.0 Å². The van der Waals surface area contributed by atoms with Crippen molar-refractivity contribution < 1.29 is 9.59 Å². The number of carbonyl (C=O) groups excluding carboxylic acids is 2. The fourth-order valence-electron chi connectivity index (χ4n) is 2.36. The van der Waals surface area contributed by atoms with Crippen LogP contribution in [-0.2, 0) is 4.79 Å². The lowest BCUT2D eigenvalue weighted by Gasteiger charge is -2.12. The zero-order valence-electron chi connectivity index (χ0n) is 11.2. The van der Waals surface area contributed by atoms with Gasteiger partial charge in [0.15, 0.2) is 0 Å². The summed E-state index contributed by atoms with van der Waals surface area (Å²) in [5.41, 5.74) is -0.190. The summed E-state index contributed by atoms with van der Waals surface area (Å²) in [5, 5.41) is 2.75. The van der Waals surface area contributed by atoms with Gasteiger partial charge in [-0.3, -0.25) is 14.4 Å². The zero-order chi connectivity index (χ0) is 14.3. The quantitative estimate of drug-likeness (QED) is 0.786. The minimum Gasteiger partial charge on any atom is -0.346 e. The summed E-state index contributed by atoms with van der Waals surface area (Å²) in [5.74, 6) is 0.468. The average molecular weight is 276 g/mol. The highest BCUT2D eigenvalue weighted by Crippen LogP contribution is 2.37. The van der Waals surface area contributed by atoms with E-state index in [-0.39, 0.29) is 29.1 Å². The smallest absolute Gasteiger partial charge is 0.270 e. The fourth-order valence-corrected chi connectivity index (χ4v) is 2.36. The summed E-state index contributed by atoms with van der Waals surface area (Å²) >= 11 is 0. The van der Waals surface area contributed by atoms with Crippen molar-refractivity contribution in [3.63, 3.8) is 0 Å². The Morgan fingerprint density at radius 1 is 1.45 bits per heavy atom. The van der Waals surface area contributed by atoms with Gasteiger partial charge in [-0.15, -0.1) is 0 Å². The molecule has 2 amide bonds. The normalized spacial score (nSPS) is 22.1. The number of hydrogen-bond donors (Lipinski definition) is 2. The van der Waals surface area contributed by atoms with Crippen LogP contribution in [0.15, 0.2) is 10.9 Å². The molecule has 0 unspecified atom stereocenters. The Kier molecular flexibility index (Phi) is 3.04. The second-order valence-corrected chi connectivity index (χ2v) is 5.44. The molecule has 2 fully saturated rings. The topological polar surface area (TPSA) is 95.2 Å². The van der Waals surface area contributed by atoms with Gasteiger partial charge in [0.1, 0.15) is 11.5 Å². The largest absolute Gasteiger partial charge is 0.346 e. The van der Waals surface area contributed by atoms with Gasteiger partial charge in [-0.1, -0.05) is 0 Å². The zero-order valence-corrected chi connectivity index (χ0v) is 11.2. The first-order chi connectivity index (χ1) is 9.52. The Labute approximate surface area is 115 Å². The van der Waals surface area contributed by atoms with Crippen LogP contribution in [0.3, 0.4) is 0 Å². The second kappa shape index (κ2) is 4.73. The molecule has 2 N–H and O–H groups in total. The maximum Gasteiger partial charge on any atom is 0.270 e. The molecule has 0 aromatic carbocycles. The summed E-state index contributed by atoms with van der Waals surface area (Å²) in [6.07, 6.45) is 2.28. The van der Waals surface area contributed by atoms with E-state index >= 15 is 0 Å². The highest BCUT2D eigenvalue weighted by Gasteiger charge is 2.30. The van der Waals surface area contributed by atoms with E-state index in [9.17, 15) is 14.4 Å². The van der Waals surface area contributed by atoms with Crippen molar-refractivity contribution in [1.82, 2.24) is 20.2 Å². The van der Waals surface area contributed by atoms with Crippen LogP contribution in [-0.4, -0.2) is 46.3 Å². The molecular weight excluding hydrogens is 260 g/mol. The molecule has 1 aliphatic carbocycles. The predicted octanol–water partition coefficient (Wildman–Crippen LogP) is -0.392. The van der Waals surface area contributed by atoms with Crippen LogP contribution in [0.1, 0.15) is 41.5 Å². The van der Waals surface area contributed by atoms with Gasteiger partial charge in [0.05, 0.1) is 6.04 Å². The second-order valence-electron chi connectivity index (χ2n) is 5.44. The van der Waals surface area contributed by atoms with Crippen molar-refractivity contribution in [1.29, 1.82) is 0 Å². The minimum absolute atomic E-state index is 0.00726. The standard InChI is InChI=1S/C13H16N4O3/c1-17-6-8(4-11(17)19)14-13(20)9-5-10(18)16-12(15-9)7-2-3-7/h5,7-8H,2-4,6H2,1H3,(H,14,20)(H,15,16,18)/t8-/m0/s1. The Balaban J connectivity index is 1.74. The van der Waals surface area contributed by atoms with Gasteiger partial charge in [-0.2, -0.15) is 0 Å². The predicted molar refractivity (Wildman–Crippen MR) is 70.3 cm³/mol. The SMILES string of the molecule is CN1C[C@@H](NC(=O)c2cc(=O)[nH]c(C3CC3)n2)CC1=O. The Morgan fingerprint density at radius 3 is 2.80 bits per heavy atom. The molecule has 2 aliphatic rings. The van der Waals surface area contributed by atoms with E-state index in [0.717, 1.165) is 12.8 Å². The number of hydrogen-bond acceptors (Lipinski definition) is 4. The highest BCUT2D eigenvalue weighted by molar-refractivity contribution is 5.93. The number of nitrogens with zero attached hydrogens (tertiary/aromatic N) is 2. The third-order valence-electron chi connectivity index (χ3n) is 3.63. The molecule has 20 heavy (non-hydrogen) atoms. The lowest BCUT2D eigenvalue weighted by atomic mass is 10.2. The molecule has 7 nitrogen and oxygen atoms in total. The lowest BCUT2D eigenvalue weighted by Crippen LogP contribution is -2.37. The maximum atomic E-state index is 12.1. The molecule has 106 valence electrons. The van der Waals surface area contributed by atoms with Crippen molar-refractivity contribution in [3.05, 3.63) is 27.9 Å². The number of aromatic nitrogens is 2. The molecule has 7 heteroatoms. The molecule has 2 heterocycles. The third-order valence-corrected chi connectivity index (χ3v) is 3.63. The molecular formula is C13H16N4O3. The summed E-state index contributed by atoms with van der Waals surface area (Å²) in [6, 6.07) is 0.979. The maximum absolute atomic E-state index is 12.1. The van der Waals surface area contributed by atoms with Crippen molar-refractivity contribution in [2.45, 2.75) is 31.2 Å². The molecule has 1 atom stereocenters. The first kappa shape index (κ1) is 12.8. The van der Waals surface area contributed by atoms with Crippen molar-refractivity contribution in [3.8, 4) is 0 Å². The van der Waals surface area contributed by atoms with Crippen molar-refractivity contribution in [2.24, 2.45) is 0 Å². The molecule has 1 saturated heterocycles. The summed E-state index contributed by atoms with van der Waals surface area (Å²) in [7, 11) is 1.70. The van der Waals surface area contributed by atoms with Gasteiger partial charge < -0.3 is 15.2 Å². The molecule has 1 aromatic rings. The number of amides is 2. The monoisotopic (exact) mass is 276 g/mol. The summed E-state index contributed by atoms with van der Waals surface area (Å²) in [6.45, 7) is 0.489. The molecule has 1 saturated carbocycles. The van der Waals surface area contributed by atoms with E-state index in [0.29, 0.717) is 18.8 Å². The number of likely N-dealkylation sites (N-methyl/N-ethyl adjacent to an activating group) is 1. The average Bonchev–Trinajstić information content (AvgIpc) is 3.17. The van der Waals surface area contributed by atoms with Crippen LogP contribution >= 0.6 is 0 Å². The minimum atomic E-state index is -0.397. The molecule has 0 spiro atoms. The first-order valence-corrected chi connectivity index (χ1v) is 6.69. The van der Waals surface area contributed by atoms with Crippen LogP contribution in [0.25, 0.3) is 0 Å². The number of rotatable bonds is 3. The van der Waals surface area contributed by atoms with Gasteiger partial charge in [0.2, 0.25) is 5.91 Å². The van der Waals surface area contributed by atoms with Crippen LogP contribution in [0, 0.1) is 0 Å². The van der Waals surface area contributed by atoms with Gasteiger partial charge in [-0.05, 0) is 12.8 Å². The van der Waals surface area contributed by atoms with Crippen molar-refractivity contribution >= 4 is 11.8 Å². The van der Waals surface area contributed by atoms with E-state index in [2.05, 4.69) is 15.3 Å². The number of aromatic amines is 1. The van der Waals surface area contributed by atoms with E-state index < -0.39 is 5.91 Å². The van der Waals surface area contributed by atoms with E-state index in [1.165, 1.54) is 6.07 Å². The molecule has 3 rings (SSSR count). The van der Waals surface area contributed by atoms with Crippen molar-refractivity contribution in [2.75, 3.05) is 13.6 Å². The third kappa shape index (κ3) is 2.56. The highest BCUT2D eigenvalue weighted by atomic mass is 16.2. The van der Waals surface area contributed by atoms with E-state index in [1.54, 1.807) is 11.9 Å². The molecule has 1 aromatic heterocycles. The van der Waals surface area contributed by atoms with Gasteiger partial charge in [-0.25, -0.2) is 4.98 Å². The Hall–Kier alpha value is -2.18. The molecule has 0 bridgehead atoms. The summed E-state index contributed by atoms with van der Waals surface area (Å²) < 4.78 is 0. The van der Waals surface area contributed by atoms with Crippen LogP contribution < -0.4 is 10.9 Å². The molecule has 0 radical (unpaired) electrons. The first-order valence-electron chi connectivity index (χ1n) is 6.69. The van der Waals surface area contributed by atoms with Crippen LogP contribution in [0.4, 0.5) is 0 Å². The van der Waals surface area contributed by atoms with Gasteiger partial charge >= 0.3 is 0 Å². The number of likely N-dealkylation sites (tertiary alicyclic amines) is 1. The molecule has 1 aliphatic heterocycles. The number of H-pyrrole nitrogens is 1. The number of nitrogens with one attached hydrogen (secondary N) is 2. The van der Waals surface area contributed by atoms with Crippen LogP contribution in [0.5, 0.6) is 0 Å². The van der Waals surface area contributed by atoms with Gasteiger partial charge in [0.25, 0.3) is 11.5 Å². The Bertz CT molecular complexity index is 620. The Morgan fingerprint density at radius 2 is 2.20 bits per heavy atom. The van der Waals surface area contributed by atoms with E-state index in [4.69, 9.17) is 0 Å². The van der Waals surface area contributed by atoms with Crippen LogP contribution in [0.2, 0.25) is 0 Å². The fraction of sp³-hybridized carbons (Fsp3) is 0.538. The van der Waals surface area contributed by atoms with E-state index in [1.807, 2.05) is 0 Å².